The van der Waals surface area contributed by atoms with Gasteiger partial charge in [-0.3, -0.25) is 14.4 Å². The number of carbonyl (C=O) groups excluding carboxylic acids is 3. The predicted molar refractivity (Wildman–Crippen MR) is 117 cm³/mol. The maximum Gasteiger partial charge on any atom is 0.246 e. The molecular weight excluding hydrogens is 402 g/mol. The standard InChI is InChI=1S/C23H25NO5S/c1-15-18(21(27)23(29-3)22(28-2)20(15)26)14-17-6-4-16(5-7-17)8-9-19(25)24-10-12-30-13-11-24/h4-9H,10-14H2,1-3H3/b9-8+. The third-order valence-electron chi connectivity index (χ3n) is 5.20. The van der Waals surface area contributed by atoms with E-state index in [1.54, 1.807) is 19.1 Å². The van der Waals surface area contributed by atoms with Crippen molar-refractivity contribution in [1.82, 2.24) is 4.90 Å². The molecule has 1 aromatic rings. The molecular formula is C23H25NO5S. The zero-order valence-electron chi connectivity index (χ0n) is 17.4. The molecule has 0 unspecified atom stereocenters. The number of nitrogens with zero attached hydrogens (tertiary/aromatic N) is 1. The van der Waals surface area contributed by atoms with Crippen LogP contribution >= 0.6 is 11.8 Å². The van der Waals surface area contributed by atoms with Gasteiger partial charge in [-0.05, 0) is 24.1 Å². The second-order valence-electron chi connectivity index (χ2n) is 7.02. The fourth-order valence-electron chi connectivity index (χ4n) is 3.41. The Morgan fingerprint density at radius 2 is 1.63 bits per heavy atom. The minimum absolute atomic E-state index is 0.0271. The SMILES string of the molecule is COC1=C(OC)C(=O)C(Cc2ccc(/C=C/C(=O)N3CCSCC3)cc2)=C(C)C1=O. The Morgan fingerprint density at radius 3 is 2.23 bits per heavy atom. The summed E-state index contributed by atoms with van der Waals surface area (Å²) >= 11 is 1.87. The molecule has 0 radical (unpaired) electrons. The van der Waals surface area contributed by atoms with Crippen molar-refractivity contribution >= 4 is 35.3 Å². The highest BCUT2D eigenvalue weighted by molar-refractivity contribution is 7.99. The highest BCUT2D eigenvalue weighted by atomic mass is 32.2. The predicted octanol–water partition coefficient (Wildman–Crippen LogP) is 2.79. The molecule has 1 heterocycles. The summed E-state index contributed by atoms with van der Waals surface area (Å²) in [6, 6.07) is 7.57. The van der Waals surface area contributed by atoms with Crippen molar-refractivity contribution in [2.75, 3.05) is 38.8 Å². The lowest BCUT2D eigenvalue weighted by Crippen LogP contribution is -2.36. The monoisotopic (exact) mass is 427 g/mol. The minimum Gasteiger partial charge on any atom is -0.489 e. The molecule has 6 nitrogen and oxygen atoms in total. The van der Waals surface area contributed by atoms with E-state index in [9.17, 15) is 14.4 Å². The lowest BCUT2D eigenvalue weighted by Gasteiger charge is -2.25. The van der Waals surface area contributed by atoms with Crippen LogP contribution < -0.4 is 0 Å². The van der Waals surface area contributed by atoms with E-state index in [1.165, 1.54) is 14.2 Å². The van der Waals surface area contributed by atoms with E-state index >= 15 is 0 Å². The first kappa shape index (κ1) is 21.9. The van der Waals surface area contributed by atoms with E-state index in [1.807, 2.05) is 40.9 Å². The zero-order chi connectivity index (χ0) is 21.7. The number of ketones is 2. The van der Waals surface area contributed by atoms with Gasteiger partial charge >= 0.3 is 0 Å². The molecule has 1 saturated heterocycles. The number of carbonyl (C=O) groups is 3. The molecule has 1 fully saturated rings. The van der Waals surface area contributed by atoms with Crippen LogP contribution in [0.25, 0.3) is 6.08 Å². The quantitative estimate of drug-likeness (QED) is 0.514. The zero-order valence-corrected chi connectivity index (χ0v) is 18.2. The largest absolute Gasteiger partial charge is 0.489 e. The van der Waals surface area contributed by atoms with Gasteiger partial charge in [0.15, 0.2) is 0 Å². The lowest BCUT2D eigenvalue weighted by atomic mass is 9.88. The molecule has 1 amide bonds. The van der Waals surface area contributed by atoms with Gasteiger partial charge < -0.3 is 14.4 Å². The van der Waals surface area contributed by atoms with Crippen molar-refractivity contribution in [3.05, 3.63) is 64.1 Å². The summed E-state index contributed by atoms with van der Waals surface area (Å²) in [5, 5.41) is 0. The van der Waals surface area contributed by atoms with Crippen LogP contribution in [0.2, 0.25) is 0 Å². The van der Waals surface area contributed by atoms with E-state index in [0.717, 1.165) is 35.7 Å². The summed E-state index contributed by atoms with van der Waals surface area (Å²) < 4.78 is 10.2. The molecule has 30 heavy (non-hydrogen) atoms. The first-order valence-electron chi connectivity index (χ1n) is 9.71. The van der Waals surface area contributed by atoms with Gasteiger partial charge in [0, 0.05) is 48.2 Å². The maximum absolute atomic E-state index is 12.8. The van der Waals surface area contributed by atoms with Crippen molar-refractivity contribution in [2.24, 2.45) is 0 Å². The second kappa shape index (κ2) is 9.80. The molecule has 0 bridgehead atoms. The van der Waals surface area contributed by atoms with E-state index in [0.29, 0.717) is 17.6 Å². The number of thioether (sulfide) groups is 1. The molecule has 3 rings (SSSR count). The summed E-state index contributed by atoms with van der Waals surface area (Å²) in [5.74, 6) is 1.21. The van der Waals surface area contributed by atoms with Crippen LogP contribution in [-0.4, -0.2) is 61.2 Å². The van der Waals surface area contributed by atoms with Crippen molar-refractivity contribution in [3.63, 3.8) is 0 Å². The number of ether oxygens (including phenoxy) is 2. The maximum atomic E-state index is 12.8. The smallest absolute Gasteiger partial charge is 0.246 e. The molecule has 158 valence electrons. The highest BCUT2D eigenvalue weighted by Crippen LogP contribution is 2.28. The van der Waals surface area contributed by atoms with Crippen molar-refractivity contribution in [2.45, 2.75) is 13.3 Å². The molecule has 2 aliphatic rings. The molecule has 0 saturated carbocycles. The number of Topliss-reactive ketones (excluding diaryl/α,β-unsaturated/α-hetero) is 2. The van der Waals surface area contributed by atoms with Crippen LogP contribution in [0.4, 0.5) is 0 Å². The van der Waals surface area contributed by atoms with Crippen LogP contribution in [0.5, 0.6) is 0 Å². The molecule has 0 atom stereocenters. The van der Waals surface area contributed by atoms with Gasteiger partial charge in [0.05, 0.1) is 14.2 Å². The number of methoxy groups -OCH3 is 2. The number of hydrogen-bond acceptors (Lipinski definition) is 6. The minimum atomic E-state index is -0.335. The van der Waals surface area contributed by atoms with Crippen LogP contribution in [-0.2, 0) is 30.3 Å². The van der Waals surface area contributed by atoms with Crippen LogP contribution in [0.1, 0.15) is 18.1 Å². The lowest BCUT2D eigenvalue weighted by molar-refractivity contribution is -0.125. The van der Waals surface area contributed by atoms with Crippen LogP contribution in [0, 0.1) is 0 Å². The fraction of sp³-hybridized carbons (Fsp3) is 0.348. The second-order valence-corrected chi connectivity index (χ2v) is 8.24. The van der Waals surface area contributed by atoms with Gasteiger partial charge in [-0.1, -0.05) is 24.3 Å². The van der Waals surface area contributed by atoms with Crippen LogP contribution in [0.3, 0.4) is 0 Å². The van der Waals surface area contributed by atoms with E-state index < -0.39 is 0 Å². The van der Waals surface area contributed by atoms with Gasteiger partial charge in [0.25, 0.3) is 0 Å². The summed E-state index contributed by atoms with van der Waals surface area (Å²) in [4.78, 5) is 39.3. The Balaban J connectivity index is 1.70. The number of allylic oxidation sites excluding steroid dienone is 2. The molecule has 1 aliphatic heterocycles. The Hall–Kier alpha value is -2.80. The molecule has 0 spiro atoms. The Bertz CT molecular complexity index is 937. The Morgan fingerprint density at radius 1 is 1.03 bits per heavy atom. The summed E-state index contributed by atoms with van der Waals surface area (Å²) in [7, 11) is 2.70. The van der Waals surface area contributed by atoms with Gasteiger partial charge in [-0.15, -0.1) is 0 Å². The van der Waals surface area contributed by atoms with E-state index in [2.05, 4.69) is 0 Å². The average molecular weight is 428 g/mol. The number of rotatable bonds is 6. The topological polar surface area (TPSA) is 72.9 Å². The fourth-order valence-corrected chi connectivity index (χ4v) is 4.32. The van der Waals surface area contributed by atoms with Crippen molar-refractivity contribution in [1.29, 1.82) is 0 Å². The van der Waals surface area contributed by atoms with Gasteiger partial charge in [-0.2, -0.15) is 11.8 Å². The Kier molecular flexibility index (Phi) is 7.15. The number of amides is 1. The molecule has 7 heteroatoms. The normalized spacial score (nSPS) is 17.8. The van der Waals surface area contributed by atoms with E-state index in [4.69, 9.17) is 9.47 Å². The first-order chi connectivity index (χ1) is 14.5. The summed E-state index contributed by atoms with van der Waals surface area (Å²) in [5.41, 5.74) is 2.55. The van der Waals surface area contributed by atoms with E-state index in [-0.39, 0.29) is 29.0 Å². The van der Waals surface area contributed by atoms with Gasteiger partial charge in [0.2, 0.25) is 29.0 Å². The first-order valence-corrected chi connectivity index (χ1v) is 10.9. The van der Waals surface area contributed by atoms with Gasteiger partial charge in [0.1, 0.15) is 0 Å². The summed E-state index contributed by atoms with van der Waals surface area (Å²) in [6.07, 6.45) is 3.71. The third kappa shape index (κ3) is 4.67. The average Bonchev–Trinajstić information content (AvgIpc) is 2.78. The molecule has 0 N–H and O–H groups in total. The van der Waals surface area contributed by atoms with Crippen molar-refractivity contribution < 1.29 is 23.9 Å². The number of benzene rings is 1. The third-order valence-corrected chi connectivity index (χ3v) is 6.14. The van der Waals surface area contributed by atoms with Gasteiger partial charge in [-0.25, -0.2) is 0 Å². The molecule has 1 aliphatic carbocycles. The summed E-state index contributed by atoms with van der Waals surface area (Å²) in [6.45, 7) is 3.20. The number of hydrogen-bond donors (Lipinski definition) is 0. The highest BCUT2D eigenvalue weighted by Gasteiger charge is 2.34. The molecule has 1 aromatic carbocycles. The van der Waals surface area contributed by atoms with Crippen LogP contribution in [0.15, 0.2) is 53.0 Å². The van der Waals surface area contributed by atoms with Crippen molar-refractivity contribution in [3.8, 4) is 0 Å². The molecule has 0 aromatic heterocycles. The Labute approximate surface area is 180 Å².